The summed E-state index contributed by atoms with van der Waals surface area (Å²) in [5.74, 6) is 1.84. The van der Waals surface area contributed by atoms with E-state index in [1.165, 1.54) is 0 Å². The van der Waals surface area contributed by atoms with E-state index >= 15 is 0 Å². The van der Waals surface area contributed by atoms with Crippen LogP contribution in [-0.4, -0.2) is 12.0 Å². The highest BCUT2D eigenvalue weighted by Crippen LogP contribution is 2.22. The van der Waals surface area contributed by atoms with E-state index in [1.54, 1.807) is 18.0 Å². The standard InChI is InChI=1S/C10H12O2S/c1-9-10(5-7-12-9)13-8-4-2-3-6-11/h2,4-7H,3,8H2,1H3/b4-2+. The molecule has 0 saturated heterocycles. The Morgan fingerprint density at radius 3 is 3.00 bits per heavy atom. The lowest BCUT2D eigenvalue weighted by molar-refractivity contribution is -0.107. The number of hydrogen-bond donors (Lipinski definition) is 0. The van der Waals surface area contributed by atoms with Gasteiger partial charge in [-0.3, -0.25) is 0 Å². The molecule has 0 atom stereocenters. The Bertz CT molecular complexity index is 289. The molecule has 0 radical (unpaired) electrons. The third-order valence-corrected chi connectivity index (χ3v) is 2.64. The van der Waals surface area contributed by atoms with Crippen LogP contribution in [0.15, 0.2) is 33.8 Å². The average Bonchev–Trinajstić information content (AvgIpc) is 2.52. The van der Waals surface area contributed by atoms with Crippen LogP contribution in [0.25, 0.3) is 0 Å². The summed E-state index contributed by atoms with van der Waals surface area (Å²) in [6.07, 6.45) is 6.95. The smallest absolute Gasteiger partial charge is 0.123 e. The molecule has 1 aromatic rings. The van der Waals surface area contributed by atoms with E-state index in [-0.39, 0.29) is 0 Å². The Morgan fingerprint density at radius 2 is 2.38 bits per heavy atom. The fourth-order valence-corrected chi connectivity index (χ4v) is 1.70. The molecule has 0 saturated carbocycles. The number of allylic oxidation sites excluding steroid dienone is 1. The van der Waals surface area contributed by atoms with Gasteiger partial charge in [-0.2, -0.15) is 0 Å². The zero-order valence-electron chi connectivity index (χ0n) is 7.53. The molecule has 0 spiro atoms. The number of furan rings is 1. The molecule has 1 aromatic heterocycles. The summed E-state index contributed by atoms with van der Waals surface area (Å²) < 4.78 is 5.14. The fraction of sp³-hybridized carbons (Fsp3) is 0.300. The van der Waals surface area contributed by atoms with E-state index in [2.05, 4.69) is 0 Å². The predicted octanol–water partition coefficient (Wildman–Crippen LogP) is 2.83. The van der Waals surface area contributed by atoms with Crippen molar-refractivity contribution in [3.05, 3.63) is 30.2 Å². The highest BCUT2D eigenvalue weighted by atomic mass is 32.2. The van der Waals surface area contributed by atoms with Crippen molar-refractivity contribution in [2.24, 2.45) is 0 Å². The Kier molecular flexibility index (Phi) is 4.40. The number of aryl methyl sites for hydroxylation is 1. The quantitative estimate of drug-likeness (QED) is 0.412. The zero-order valence-corrected chi connectivity index (χ0v) is 8.34. The highest BCUT2D eigenvalue weighted by Gasteiger charge is 1.98. The van der Waals surface area contributed by atoms with Crippen molar-refractivity contribution in [3.8, 4) is 0 Å². The van der Waals surface area contributed by atoms with Gasteiger partial charge in [0.05, 0.1) is 6.26 Å². The second-order valence-corrected chi connectivity index (χ2v) is 3.59. The largest absolute Gasteiger partial charge is 0.468 e. The SMILES string of the molecule is Cc1occc1SC/C=C/CC=O. The first-order valence-electron chi connectivity index (χ1n) is 4.10. The zero-order chi connectivity index (χ0) is 9.52. The maximum Gasteiger partial charge on any atom is 0.123 e. The summed E-state index contributed by atoms with van der Waals surface area (Å²) in [5, 5.41) is 0. The minimum absolute atomic E-state index is 0.505. The van der Waals surface area contributed by atoms with E-state index in [0.29, 0.717) is 6.42 Å². The van der Waals surface area contributed by atoms with Crippen molar-refractivity contribution in [3.63, 3.8) is 0 Å². The first-order valence-corrected chi connectivity index (χ1v) is 5.08. The van der Waals surface area contributed by atoms with Gasteiger partial charge in [0.15, 0.2) is 0 Å². The fourth-order valence-electron chi connectivity index (χ4n) is 0.881. The van der Waals surface area contributed by atoms with Gasteiger partial charge in [-0.05, 0) is 13.0 Å². The van der Waals surface area contributed by atoms with Gasteiger partial charge in [0, 0.05) is 17.1 Å². The molecule has 0 aliphatic heterocycles. The summed E-state index contributed by atoms with van der Waals surface area (Å²) in [6.45, 7) is 1.94. The van der Waals surface area contributed by atoms with Gasteiger partial charge < -0.3 is 9.21 Å². The molecule has 0 aromatic carbocycles. The minimum Gasteiger partial charge on any atom is -0.468 e. The maximum absolute atomic E-state index is 9.98. The van der Waals surface area contributed by atoms with Gasteiger partial charge in [0.25, 0.3) is 0 Å². The van der Waals surface area contributed by atoms with Crippen molar-refractivity contribution >= 4 is 18.0 Å². The molecular formula is C10H12O2S. The molecule has 0 amide bonds. The first-order chi connectivity index (χ1) is 6.34. The summed E-state index contributed by atoms with van der Waals surface area (Å²) in [5.41, 5.74) is 0. The van der Waals surface area contributed by atoms with E-state index in [1.807, 2.05) is 25.1 Å². The van der Waals surface area contributed by atoms with Crippen LogP contribution < -0.4 is 0 Å². The highest BCUT2D eigenvalue weighted by molar-refractivity contribution is 7.99. The Labute approximate surface area is 82.0 Å². The number of carbonyl (C=O) groups is 1. The molecule has 0 N–H and O–H groups in total. The van der Waals surface area contributed by atoms with Crippen LogP contribution in [-0.2, 0) is 4.79 Å². The van der Waals surface area contributed by atoms with E-state index < -0.39 is 0 Å². The van der Waals surface area contributed by atoms with Crippen molar-refractivity contribution < 1.29 is 9.21 Å². The third-order valence-electron chi connectivity index (χ3n) is 1.55. The number of carbonyl (C=O) groups excluding carboxylic acids is 1. The van der Waals surface area contributed by atoms with Gasteiger partial charge in [0.2, 0.25) is 0 Å². The normalized spacial score (nSPS) is 10.8. The van der Waals surface area contributed by atoms with Crippen LogP contribution in [0, 0.1) is 6.92 Å². The summed E-state index contributed by atoms with van der Waals surface area (Å²) >= 11 is 1.71. The van der Waals surface area contributed by atoms with Crippen LogP contribution in [0.1, 0.15) is 12.2 Å². The number of hydrogen-bond acceptors (Lipinski definition) is 3. The van der Waals surface area contributed by atoms with Gasteiger partial charge >= 0.3 is 0 Å². The number of aldehydes is 1. The Morgan fingerprint density at radius 1 is 1.54 bits per heavy atom. The molecule has 1 rings (SSSR count). The van der Waals surface area contributed by atoms with Gasteiger partial charge in [0.1, 0.15) is 12.0 Å². The molecule has 0 aliphatic rings. The van der Waals surface area contributed by atoms with E-state index in [0.717, 1.165) is 22.7 Å². The van der Waals surface area contributed by atoms with Crippen LogP contribution in [0.2, 0.25) is 0 Å². The summed E-state index contributed by atoms with van der Waals surface area (Å²) in [6, 6.07) is 1.95. The van der Waals surface area contributed by atoms with Crippen LogP contribution in [0.5, 0.6) is 0 Å². The number of rotatable bonds is 5. The molecule has 0 unspecified atom stereocenters. The molecule has 3 heteroatoms. The first kappa shape index (κ1) is 10.1. The van der Waals surface area contributed by atoms with E-state index in [4.69, 9.17) is 4.42 Å². The predicted molar refractivity (Wildman–Crippen MR) is 54.0 cm³/mol. The monoisotopic (exact) mass is 196 g/mol. The van der Waals surface area contributed by atoms with Gasteiger partial charge in [-0.1, -0.05) is 12.2 Å². The topological polar surface area (TPSA) is 30.2 Å². The molecule has 13 heavy (non-hydrogen) atoms. The van der Waals surface area contributed by atoms with Crippen LogP contribution in [0.4, 0.5) is 0 Å². The molecule has 2 nitrogen and oxygen atoms in total. The molecule has 70 valence electrons. The number of thioether (sulfide) groups is 1. The minimum atomic E-state index is 0.505. The maximum atomic E-state index is 9.98. The van der Waals surface area contributed by atoms with Crippen LogP contribution in [0.3, 0.4) is 0 Å². The lowest BCUT2D eigenvalue weighted by Gasteiger charge is -1.93. The molecule has 0 bridgehead atoms. The second kappa shape index (κ2) is 5.65. The third kappa shape index (κ3) is 3.51. The average molecular weight is 196 g/mol. The van der Waals surface area contributed by atoms with Crippen LogP contribution >= 0.6 is 11.8 Å². The Hall–Kier alpha value is -0.960. The summed E-state index contributed by atoms with van der Waals surface area (Å²) in [4.78, 5) is 11.1. The van der Waals surface area contributed by atoms with Crippen molar-refractivity contribution in [1.29, 1.82) is 0 Å². The van der Waals surface area contributed by atoms with Crippen molar-refractivity contribution in [2.75, 3.05) is 5.75 Å². The molecular weight excluding hydrogens is 184 g/mol. The lowest BCUT2D eigenvalue weighted by atomic mass is 10.4. The van der Waals surface area contributed by atoms with Crippen molar-refractivity contribution in [1.82, 2.24) is 0 Å². The van der Waals surface area contributed by atoms with Gasteiger partial charge in [-0.25, -0.2) is 0 Å². The summed E-state index contributed by atoms with van der Waals surface area (Å²) in [7, 11) is 0. The molecule has 0 fully saturated rings. The van der Waals surface area contributed by atoms with Crippen molar-refractivity contribution in [2.45, 2.75) is 18.2 Å². The van der Waals surface area contributed by atoms with E-state index in [9.17, 15) is 4.79 Å². The lowest BCUT2D eigenvalue weighted by Crippen LogP contribution is -1.74. The molecule has 1 heterocycles. The molecule has 0 aliphatic carbocycles. The Balaban J connectivity index is 2.27. The second-order valence-electron chi connectivity index (χ2n) is 2.53. The van der Waals surface area contributed by atoms with Gasteiger partial charge in [-0.15, -0.1) is 11.8 Å².